The molecule has 62 valence electrons. The third-order valence-electron chi connectivity index (χ3n) is 1.37. The summed E-state index contributed by atoms with van der Waals surface area (Å²) >= 11 is 0. The molecule has 0 aromatic heterocycles. The molecule has 1 amide bonds. The summed E-state index contributed by atoms with van der Waals surface area (Å²) in [6.07, 6.45) is 4.01. The van der Waals surface area contributed by atoms with Crippen LogP contribution >= 0.6 is 10.9 Å². The third kappa shape index (κ3) is 2.80. The zero-order valence-corrected chi connectivity index (χ0v) is 7.47. The van der Waals surface area contributed by atoms with Gasteiger partial charge in [0, 0.05) is 6.54 Å². The Morgan fingerprint density at radius 1 is 1.45 bits per heavy atom. The molecule has 1 N–H and O–H groups in total. The van der Waals surface area contributed by atoms with E-state index < -0.39 is 0 Å². The van der Waals surface area contributed by atoms with Crippen LogP contribution in [0.2, 0.25) is 0 Å². The van der Waals surface area contributed by atoms with Crippen molar-refractivity contribution in [2.75, 3.05) is 12.3 Å². The summed E-state index contributed by atoms with van der Waals surface area (Å²) in [6, 6.07) is 0. The molecule has 0 aromatic carbocycles. The quantitative estimate of drug-likeness (QED) is 0.613. The van der Waals surface area contributed by atoms with Crippen LogP contribution in [0.25, 0.3) is 0 Å². The molecule has 11 heavy (non-hydrogen) atoms. The van der Waals surface area contributed by atoms with E-state index in [1.165, 1.54) is 0 Å². The van der Waals surface area contributed by atoms with Crippen LogP contribution in [0.3, 0.4) is 0 Å². The standard InChI is InChI=1S/C8H13NOS/c1-2-9-8(10)7-11-5-3-4-6-11/h3-6,11H,2,7H2,1H3,(H,9,10). The van der Waals surface area contributed by atoms with E-state index in [0.29, 0.717) is 5.75 Å². The van der Waals surface area contributed by atoms with Crippen molar-refractivity contribution in [2.24, 2.45) is 0 Å². The average Bonchev–Trinajstić information content (AvgIpc) is 2.40. The highest BCUT2D eigenvalue weighted by Gasteiger charge is 2.04. The minimum atomic E-state index is -0.269. The summed E-state index contributed by atoms with van der Waals surface area (Å²) in [6.45, 7) is 2.67. The summed E-state index contributed by atoms with van der Waals surface area (Å²) in [5.74, 6) is 0.811. The van der Waals surface area contributed by atoms with E-state index >= 15 is 0 Å². The molecule has 0 fully saturated rings. The summed E-state index contributed by atoms with van der Waals surface area (Å²) < 4.78 is 0. The van der Waals surface area contributed by atoms with Crippen molar-refractivity contribution < 1.29 is 4.79 Å². The van der Waals surface area contributed by atoms with Gasteiger partial charge in [-0.15, -0.1) is 0 Å². The Hall–Kier alpha value is -0.700. The number of hydrogen-bond donors (Lipinski definition) is 2. The number of nitrogens with one attached hydrogen (secondary N) is 1. The first-order chi connectivity index (χ1) is 5.33. The van der Waals surface area contributed by atoms with Crippen LogP contribution in [-0.2, 0) is 4.79 Å². The fourth-order valence-electron chi connectivity index (χ4n) is 0.894. The molecule has 1 aliphatic rings. The lowest BCUT2D eigenvalue weighted by atomic mass is 10.6. The highest BCUT2D eigenvalue weighted by Crippen LogP contribution is 2.31. The van der Waals surface area contributed by atoms with Crippen molar-refractivity contribution >= 4 is 16.8 Å². The van der Waals surface area contributed by atoms with Crippen LogP contribution in [0.1, 0.15) is 6.92 Å². The summed E-state index contributed by atoms with van der Waals surface area (Å²) in [5.41, 5.74) is 0. The van der Waals surface area contributed by atoms with Gasteiger partial charge in [0.05, 0.1) is 5.75 Å². The van der Waals surface area contributed by atoms with Crippen LogP contribution in [0.15, 0.2) is 23.0 Å². The van der Waals surface area contributed by atoms with E-state index in [0.717, 1.165) is 6.54 Å². The van der Waals surface area contributed by atoms with Gasteiger partial charge in [-0.1, -0.05) is 12.2 Å². The van der Waals surface area contributed by atoms with Crippen molar-refractivity contribution in [2.45, 2.75) is 6.92 Å². The second kappa shape index (κ2) is 4.23. The molecule has 0 unspecified atom stereocenters. The predicted octanol–water partition coefficient (Wildman–Crippen LogP) is 1.16. The van der Waals surface area contributed by atoms with E-state index in [9.17, 15) is 4.79 Å². The molecule has 1 heterocycles. The Morgan fingerprint density at radius 3 is 2.64 bits per heavy atom. The molecule has 0 radical (unpaired) electrons. The number of thiol groups is 1. The van der Waals surface area contributed by atoms with Gasteiger partial charge in [-0.05, 0) is 17.7 Å². The minimum Gasteiger partial charge on any atom is -0.356 e. The molecule has 0 spiro atoms. The van der Waals surface area contributed by atoms with Gasteiger partial charge in [-0.3, -0.25) is 4.79 Å². The van der Waals surface area contributed by atoms with Gasteiger partial charge < -0.3 is 5.32 Å². The Labute approximate surface area is 69.7 Å². The van der Waals surface area contributed by atoms with Gasteiger partial charge in [0.2, 0.25) is 5.91 Å². The maximum absolute atomic E-state index is 11.0. The highest BCUT2D eigenvalue weighted by atomic mass is 32.2. The van der Waals surface area contributed by atoms with Crippen LogP contribution in [0, 0.1) is 0 Å². The van der Waals surface area contributed by atoms with E-state index in [1.54, 1.807) is 0 Å². The third-order valence-corrected chi connectivity index (χ3v) is 3.13. The lowest BCUT2D eigenvalue weighted by molar-refractivity contribution is -0.118. The lowest BCUT2D eigenvalue weighted by Crippen LogP contribution is -2.25. The van der Waals surface area contributed by atoms with Crippen molar-refractivity contribution in [3.63, 3.8) is 0 Å². The number of rotatable bonds is 3. The first-order valence-corrected chi connectivity index (χ1v) is 5.37. The highest BCUT2D eigenvalue weighted by molar-refractivity contribution is 8.22. The van der Waals surface area contributed by atoms with E-state index in [1.807, 2.05) is 19.1 Å². The normalized spacial score (nSPS) is 17.4. The average molecular weight is 171 g/mol. The molecular weight excluding hydrogens is 158 g/mol. The topological polar surface area (TPSA) is 29.1 Å². The molecule has 0 aliphatic carbocycles. The first-order valence-electron chi connectivity index (χ1n) is 3.70. The number of carbonyl (C=O) groups excluding carboxylic acids is 1. The number of carbonyl (C=O) groups is 1. The lowest BCUT2D eigenvalue weighted by Gasteiger charge is -2.08. The first kappa shape index (κ1) is 8.40. The zero-order chi connectivity index (χ0) is 8.10. The molecular formula is C8H13NOS. The second-order valence-electron chi connectivity index (χ2n) is 2.31. The van der Waals surface area contributed by atoms with Gasteiger partial charge >= 0.3 is 0 Å². The van der Waals surface area contributed by atoms with Crippen LogP contribution in [0.4, 0.5) is 0 Å². The largest absolute Gasteiger partial charge is 0.356 e. The molecule has 0 bridgehead atoms. The van der Waals surface area contributed by atoms with Gasteiger partial charge in [0.1, 0.15) is 0 Å². The molecule has 3 heteroatoms. The SMILES string of the molecule is CCNC(=O)C[SH]1C=CC=C1. The Morgan fingerprint density at radius 2 is 2.09 bits per heavy atom. The Bertz CT molecular complexity index is 186. The minimum absolute atomic E-state index is 0.162. The number of amides is 1. The fourth-order valence-corrected chi connectivity index (χ4v) is 2.29. The monoisotopic (exact) mass is 171 g/mol. The van der Waals surface area contributed by atoms with Crippen LogP contribution in [-0.4, -0.2) is 18.2 Å². The molecule has 1 rings (SSSR count). The van der Waals surface area contributed by atoms with Crippen molar-refractivity contribution in [1.82, 2.24) is 5.32 Å². The Balaban J connectivity index is 2.25. The zero-order valence-electron chi connectivity index (χ0n) is 6.58. The molecule has 0 aromatic rings. The number of hydrogen-bond acceptors (Lipinski definition) is 1. The molecule has 0 atom stereocenters. The van der Waals surface area contributed by atoms with Crippen LogP contribution in [0.5, 0.6) is 0 Å². The van der Waals surface area contributed by atoms with Crippen molar-refractivity contribution in [3.8, 4) is 0 Å². The van der Waals surface area contributed by atoms with Gasteiger partial charge in [-0.25, -0.2) is 10.9 Å². The van der Waals surface area contributed by atoms with E-state index in [-0.39, 0.29) is 16.8 Å². The van der Waals surface area contributed by atoms with Crippen molar-refractivity contribution in [3.05, 3.63) is 23.0 Å². The van der Waals surface area contributed by atoms with Crippen LogP contribution < -0.4 is 5.32 Å². The van der Waals surface area contributed by atoms with Crippen molar-refractivity contribution in [1.29, 1.82) is 0 Å². The summed E-state index contributed by atoms with van der Waals surface area (Å²) in [5, 5.41) is 6.99. The van der Waals surface area contributed by atoms with E-state index in [2.05, 4.69) is 16.1 Å². The maximum atomic E-state index is 11.0. The van der Waals surface area contributed by atoms with Gasteiger partial charge in [0.15, 0.2) is 0 Å². The molecule has 1 aliphatic heterocycles. The summed E-state index contributed by atoms with van der Waals surface area (Å²) in [4.78, 5) is 11.0. The Kier molecular flexibility index (Phi) is 3.23. The van der Waals surface area contributed by atoms with Gasteiger partial charge in [0.25, 0.3) is 0 Å². The molecule has 0 saturated carbocycles. The second-order valence-corrected chi connectivity index (χ2v) is 4.25. The smallest absolute Gasteiger partial charge is 0.228 e. The number of allylic oxidation sites excluding steroid dienone is 2. The fraction of sp³-hybridized carbons (Fsp3) is 0.375. The maximum Gasteiger partial charge on any atom is 0.228 e. The predicted molar refractivity (Wildman–Crippen MR) is 50.8 cm³/mol. The molecule has 0 saturated heterocycles. The van der Waals surface area contributed by atoms with E-state index in [4.69, 9.17) is 0 Å². The summed E-state index contributed by atoms with van der Waals surface area (Å²) in [7, 11) is -0.269. The molecule has 2 nitrogen and oxygen atoms in total. The van der Waals surface area contributed by atoms with Gasteiger partial charge in [-0.2, -0.15) is 0 Å².